The summed E-state index contributed by atoms with van der Waals surface area (Å²) in [5, 5.41) is 17.5. The molecule has 2 saturated heterocycles. The molecular weight excluding hydrogens is 443 g/mol. The number of urea groups is 1. The average molecular weight is 477 g/mol. The monoisotopic (exact) mass is 476 g/mol. The van der Waals surface area contributed by atoms with Gasteiger partial charge in [-0.25, -0.2) is 9.18 Å². The number of H-pyrrole nitrogens is 1. The molecule has 0 radical (unpaired) electrons. The highest BCUT2D eigenvalue weighted by Gasteiger charge is 2.35. The third-order valence-corrected chi connectivity index (χ3v) is 7.62. The number of likely N-dealkylation sites (tertiary alicyclic amines) is 2. The van der Waals surface area contributed by atoms with Crippen LogP contribution in [0.1, 0.15) is 53.5 Å². The van der Waals surface area contributed by atoms with E-state index in [2.05, 4.69) is 42.2 Å². The lowest BCUT2D eigenvalue weighted by Crippen LogP contribution is -2.51. The fourth-order valence-corrected chi connectivity index (χ4v) is 5.34. The summed E-state index contributed by atoms with van der Waals surface area (Å²) >= 11 is 0. The van der Waals surface area contributed by atoms with E-state index in [9.17, 15) is 14.3 Å². The number of nitrogens with zero attached hydrogens (tertiary/aromatic N) is 3. The number of amides is 2. The van der Waals surface area contributed by atoms with Gasteiger partial charge in [0, 0.05) is 49.3 Å². The summed E-state index contributed by atoms with van der Waals surface area (Å²) in [6, 6.07) is 15.1. The molecular formula is C28H33FN4O2. The summed E-state index contributed by atoms with van der Waals surface area (Å²) in [7, 11) is 0. The Balaban J connectivity index is 1.42. The van der Waals surface area contributed by atoms with Crippen LogP contribution >= 0.6 is 0 Å². The van der Waals surface area contributed by atoms with E-state index < -0.39 is 0 Å². The zero-order chi connectivity index (χ0) is 24.5. The fraction of sp³-hybridized carbons (Fsp3) is 0.429. The van der Waals surface area contributed by atoms with Crippen molar-refractivity contribution in [2.24, 2.45) is 0 Å². The number of aliphatic hydroxyl groups is 1. The molecule has 5 rings (SSSR count). The number of benzene rings is 2. The largest absolute Gasteiger partial charge is 0.393 e. The summed E-state index contributed by atoms with van der Waals surface area (Å²) < 4.78 is 13.8. The first kappa shape index (κ1) is 23.5. The lowest BCUT2D eigenvalue weighted by molar-refractivity contribution is 0.0755. The first-order chi connectivity index (χ1) is 16.9. The third kappa shape index (κ3) is 5.10. The van der Waals surface area contributed by atoms with E-state index in [-0.39, 0.29) is 29.8 Å². The van der Waals surface area contributed by atoms with Gasteiger partial charge in [-0.1, -0.05) is 30.3 Å². The zero-order valence-electron chi connectivity index (χ0n) is 20.4. The number of carbonyl (C=O) groups excluding carboxylic acids is 1. The van der Waals surface area contributed by atoms with Gasteiger partial charge in [0.1, 0.15) is 5.82 Å². The number of piperidine rings is 2. The number of halogens is 1. The van der Waals surface area contributed by atoms with Gasteiger partial charge in [0.2, 0.25) is 0 Å². The van der Waals surface area contributed by atoms with Gasteiger partial charge in [0.25, 0.3) is 0 Å². The summed E-state index contributed by atoms with van der Waals surface area (Å²) in [4.78, 5) is 17.3. The molecule has 0 aliphatic carbocycles. The Morgan fingerprint density at radius 3 is 2.51 bits per heavy atom. The number of aliphatic hydroxyl groups excluding tert-OH is 1. The Morgan fingerprint density at radius 2 is 1.77 bits per heavy atom. The minimum atomic E-state index is -0.317. The number of hydrogen-bond donors (Lipinski definition) is 2. The van der Waals surface area contributed by atoms with Gasteiger partial charge in [-0.2, -0.15) is 5.10 Å². The number of aromatic nitrogens is 2. The highest BCUT2D eigenvalue weighted by Crippen LogP contribution is 2.37. The van der Waals surface area contributed by atoms with Crippen molar-refractivity contribution in [3.05, 3.63) is 76.7 Å². The predicted octanol–water partition coefficient (Wildman–Crippen LogP) is 4.98. The lowest BCUT2D eigenvalue weighted by atomic mass is 9.82. The second-order valence-corrected chi connectivity index (χ2v) is 10.1. The molecule has 7 heteroatoms. The maximum atomic E-state index is 13.8. The Hall–Kier alpha value is -3.19. The van der Waals surface area contributed by atoms with Crippen molar-refractivity contribution in [3.8, 4) is 11.3 Å². The van der Waals surface area contributed by atoms with Crippen molar-refractivity contribution < 1.29 is 14.3 Å². The summed E-state index contributed by atoms with van der Waals surface area (Å²) in [5.74, 6) is 0.000688. The molecule has 2 aliphatic rings. The van der Waals surface area contributed by atoms with Crippen molar-refractivity contribution in [3.63, 3.8) is 0 Å². The summed E-state index contributed by atoms with van der Waals surface area (Å²) in [6.07, 6.45) is 1.83. The number of nitrogens with one attached hydrogen (secondary N) is 1. The Bertz CT molecular complexity index is 1200. The Morgan fingerprint density at radius 1 is 1.00 bits per heavy atom. The Kier molecular flexibility index (Phi) is 6.60. The predicted molar refractivity (Wildman–Crippen MR) is 134 cm³/mol. The van der Waals surface area contributed by atoms with Crippen LogP contribution in [0.4, 0.5) is 9.18 Å². The van der Waals surface area contributed by atoms with Gasteiger partial charge in [-0.15, -0.1) is 0 Å². The van der Waals surface area contributed by atoms with Crippen molar-refractivity contribution in [1.29, 1.82) is 0 Å². The van der Waals surface area contributed by atoms with E-state index in [1.54, 1.807) is 6.07 Å². The molecule has 2 unspecified atom stereocenters. The van der Waals surface area contributed by atoms with Gasteiger partial charge >= 0.3 is 6.03 Å². The van der Waals surface area contributed by atoms with Gasteiger partial charge in [0.15, 0.2) is 0 Å². The van der Waals surface area contributed by atoms with Crippen LogP contribution in [0.3, 0.4) is 0 Å². The second kappa shape index (κ2) is 9.82. The number of carbonyl (C=O) groups is 1. The molecule has 3 heterocycles. The molecule has 35 heavy (non-hydrogen) atoms. The molecule has 2 amide bonds. The fourth-order valence-electron chi connectivity index (χ4n) is 5.34. The molecule has 2 aromatic carbocycles. The minimum Gasteiger partial charge on any atom is -0.393 e. The van der Waals surface area contributed by atoms with Crippen LogP contribution in [0, 0.1) is 19.7 Å². The SMILES string of the molecule is Cc1ccc(C2CC(c3cc(-c4cccc(F)c4)n[nH]3)CN(C(=O)N3CCC(O)CC3)C2)cc1C. The van der Waals surface area contributed by atoms with Gasteiger partial charge < -0.3 is 14.9 Å². The van der Waals surface area contributed by atoms with Crippen LogP contribution in [0.5, 0.6) is 0 Å². The van der Waals surface area contributed by atoms with E-state index in [1.807, 2.05) is 21.9 Å². The van der Waals surface area contributed by atoms with Crippen LogP contribution in [0.15, 0.2) is 48.5 Å². The maximum absolute atomic E-state index is 13.8. The second-order valence-electron chi connectivity index (χ2n) is 10.1. The van der Waals surface area contributed by atoms with Crippen molar-refractivity contribution in [2.75, 3.05) is 26.2 Å². The number of aromatic amines is 1. The van der Waals surface area contributed by atoms with Crippen LogP contribution in [0.2, 0.25) is 0 Å². The number of hydrogen-bond acceptors (Lipinski definition) is 3. The first-order valence-corrected chi connectivity index (χ1v) is 12.5. The topological polar surface area (TPSA) is 72.5 Å². The van der Waals surface area contributed by atoms with E-state index in [0.29, 0.717) is 44.7 Å². The van der Waals surface area contributed by atoms with Crippen molar-refractivity contribution in [1.82, 2.24) is 20.0 Å². The van der Waals surface area contributed by atoms with Crippen LogP contribution in [-0.2, 0) is 0 Å². The summed E-state index contributed by atoms with van der Waals surface area (Å²) in [5.41, 5.74) is 6.15. The quantitative estimate of drug-likeness (QED) is 0.560. The van der Waals surface area contributed by atoms with E-state index in [1.165, 1.54) is 28.8 Å². The smallest absolute Gasteiger partial charge is 0.320 e. The minimum absolute atomic E-state index is 0.0419. The maximum Gasteiger partial charge on any atom is 0.320 e. The standard InChI is InChI=1S/C28H33FN4O2/c1-18-6-7-20(12-19(18)2)22-13-23(17-33(16-22)28(35)32-10-8-25(34)9-11-32)27-15-26(30-31-27)21-4-3-5-24(29)14-21/h3-7,12,14-15,22-23,25,34H,8-11,13,16-17H2,1-2H3,(H,30,31). The van der Waals surface area contributed by atoms with Gasteiger partial charge in [0.05, 0.1) is 11.8 Å². The van der Waals surface area contributed by atoms with Gasteiger partial charge in [-0.05, 0) is 68.0 Å². The highest BCUT2D eigenvalue weighted by molar-refractivity contribution is 5.75. The molecule has 0 spiro atoms. The molecule has 2 atom stereocenters. The van der Waals surface area contributed by atoms with Crippen LogP contribution in [-0.4, -0.2) is 63.4 Å². The molecule has 1 aromatic heterocycles. The molecule has 2 N–H and O–H groups in total. The van der Waals surface area contributed by atoms with Gasteiger partial charge in [-0.3, -0.25) is 5.10 Å². The molecule has 2 aliphatic heterocycles. The first-order valence-electron chi connectivity index (χ1n) is 12.5. The Labute approximate surface area is 205 Å². The average Bonchev–Trinajstić information content (AvgIpc) is 3.36. The van der Waals surface area contributed by atoms with E-state index >= 15 is 0 Å². The third-order valence-electron chi connectivity index (χ3n) is 7.62. The molecule has 3 aromatic rings. The van der Waals surface area contributed by atoms with E-state index in [4.69, 9.17) is 0 Å². The molecule has 0 bridgehead atoms. The van der Waals surface area contributed by atoms with Crippen molar-refractivity contribution >= 4 is 6.03 Å². The summed E-state index contributed by atoms with van der Waals surface area (Å²) in [6.45, 7) is 6.68. The normalized spacial score (nSPS) is 21.4. The molecule has 0 saturated carbocycles. The molecule has 6 nitrogen and oxygen atoms in total. The van der Waals surface area contributed by atoms with Crippen LogP contribution < -0.4 is 0 Å². The lowest BCUT2D eigenvalue weighted by Gasteiger charge is -2.41. The van der Waals surface area contributed by atoms with Crippen LogP contribution in [0.25, 0.3) is 11.3 Å². The number of aryl methyl sites for hydroxylation is 2. The zero-order valence-corrected chi connectivity index (χ0v) is 20.4. The molecule has 2 fully saturated rings. The molecule has 184 valence electrons. The highest BCUT2D eigenvalue weighted by atomic mass is 19.1. The van der Waals surface area contributed by atoms with E-state index in [0.717, 1.165) is 17.7 Å². The van der Waals surface area contributed by atoms with Crippen molar-refractivity contribution in [2.45, 2.75) is 51.0 Å². The number of rotatable bonds is 3.